The smallest absolute Gasteiger partial charge is 0.257 e. The van der Waals surface area contributed by atoms with Gasteiger partial charge < -0.3 is 5.73 Å². The van der Waals surface area contributed by atoms with Gasteiger partial charge in [0.2, 0.25) is 0 Å². The van der Waals surface area contributed by atoms with Crippen LogP contribution >= 0.6 is 12.4 Å². The third-order valence-electron chi connectivity index (χ3n) is 2.38. The molecule has 0 aliphatic carbocycles. The lowest BCUT2D eigenvalue weighted by Gasteiger charge is -2.28. The minimum Gasteiger partial charge on any atom is -0.324 e. The average Bonchev–Trinajstić information content (AvgIpc) is 2.49. The molecule has 15 heavy (non-hydrogen) atoms. The maximum atomic E-state index is 13.2. The molecule has 7 heteroatoms. The van der Waals surface area contributed by atoms with Crippen LogP contribution in [-0.2, 0) is 12.0 Å². The van der Waals surface area contributed by atoms with Crippen LogP contribution in [0.5, 0.6) is 0 Å². The van der Waals surface area contributed by atoms with E-state index in [1.165, 1.54) is 13.8 Å². The number of nitrogens with one attached hydrogen (secondary N) is 1. The Morgan fingerprint density at radius 2 is 1.87 bits per heavy atom. The normalized spacial score (nSPS) is 12.4. The van der Waals surface area contributed by atoms with Gasteiger partial charge in [-0.2, -0.15) is 5.10 Å². The Kier molecular flexibility index (Phi) is 4.18. The van der Waals surface area contributed by atoms with E-state index in [2.05, 4.69) is 15.2 Å². The van der Waals surface area contributed by atoms with Crippen molar-refractivity contribution in [2.75, 3.05) is 0 Å². The van der Waals surface area contributed by atoms with Crippen LogP contribution in [0.15, 0.2) is 0 Å². The van der Waals surface area contributed by atoms with Crippen molar-refractivity contribution in [3.63, 3.8) is 0 Å². The van der Waals surface area contributed by atoms with Crippen LogP contribution in [0.3, 0.4) is 0 Å². The lowest BCUT2D eigenvalue weighted by molar-refractivity contribution is -0.0501. The molecule has 3 N–H and O–H groups in total. The molecule has 0 unspecified atom stereocenters. The average molecular weight is 241 g/mol. The zero-order valence-electron chi connectivity index (χ0n) is 8.84. The number of aromatic nitrogens is 3. The fraction of sp³-hybridized carbons (Fsp3) is 0.750. The van der Waals surface area contributed by atoms with Crippen LogP contribution in [-0.4, -0.2) is 21.1 Å². The van der Waals surface area contributed by atoms with Crippen LogP contribution in [0.4, 0.5) is 8.78 Å². The van der Waals surface area contributed by atoms with Gasteiger partial charge in [-0.25, -0.2) is 13.8 Å². The highest BCUT2D eigenvalue weighted by Crippen LogP contribution is 2.36. The fourth-order valence-corrected chi connectivity index (χ4v) is 0.862. The SMILES string of the molecule is CC(F)(F)C(C)(C)c1n[nH]c(CN)n1.Cl. The lowest BCUT2D eigenvalue weighted by atomic mass is 9.86. The van der Waals surface area contributed by atoms with Crippen LogP contribution in [0.2, 0.25) is 0 Å². The summed E-state index contributed by atoms with van der Waals surface area (Å²) >= 11 is 0. The summed E-state index contributed by atoms with van der Waals surface area (Å²) in [5.41, 5.74) is 3.90. The predicted molar refractivity (Wildman–Crippen MR) is 55.2 cm³/mol. The molecule has 1 heterocycles. The summed E-state index contributed by atoms with van der Waals surface area (Å²) in [7, 11) is 0. The number of halogens is 3. The Bertz CT molecular complexity index is 319. The van der Waals surface area contributed by atoms with Gasteiger partial charge in [-0.15, -0.1) is 12.4 Å². The third kappa shape index (κ3) is 2.63. The van der Waals surface area contributed by atoms with Crippen molar-refractivity contribution < 1.29 is 8.78 Å². The van der Waals surface area contributed by atoms with Crippen molar-refractivity contribution >= 4 is 12.4 Å². The van der Waals surface area contributed by atoms with E-state index in [9.17, 15) is 8.78 Å². The van der Waals surface area contributed by atoms with E-state index in [1.54, 1.807) is 0 Å². The number of H-pyrrole nitrogens is 1. The van der Waals surface area contributed by atoms with E-state index in [1.807, 2.05) is 0 Å². The molecule has 0 fully saturated rings. The first-order valence-corrected chi connectivity index (χ1v) is 4.28. The Balaban J connectivity index is 0.00000196. The van der Waals surface area contributed by atoms with Gasteiger partial charge in [-0.05, 0) is 13.8 Å². The van der Waals surface area contributed by atoms with Crippen molar-refractivity contribution in [1.29, 1.82) is 0 Å². The third-order valence-corrected chi connectivity index (χ3v) is 2.38. The lowest BCUT2D eigenvalue weighted by Crippen LogP contribution is -2.38. The number of hydrogen-bond donors (Lipinski definition) is 2. The molecule has 0 saturated heterocycles. The summed E-state index contributed by atoms with van der Waals surface area (Å²) in [5.74, 6) is -2.37. The first kappa shape index (κ1) is 14.2. The minimum atomic E-state index is -2.87. The Hall–Kier alpha value is -0.750. The van der Waals surface area contributed by atoms with E-state index in [0.29, 0.717) is 5.82 Å². The monoisotopic (exact) mass is 240 g/mol. The van der Waals surface area contributed by atoms with E-state index in [4.69, 9.17) is 5.73 Å². The topological polar surface area (TPSA) is 67.6 Å². The highest BCUT2D eigenvalue weighted by molar-refractivity contribution is 5.85. The molecule has 0 aliphatic heterocycles. The molecule has 0 saturated carbocycles. The second-order valence-corrected chi connectivity index (χ2v) is 3.82. The number of nitrogens with zero attached hydrogens (tertiary/aromatic N) is 2. The summed E-state index contributed by atoms with van der Waals surface area (Å²) in [6.45, 7) is 3.82. The number of aromatic amines is 1. The van der Waals surface area contributed by atoms with Crippen molar-refractivity contribution in [3.05, 3.63) is 11.6 Å². The highest BCUT2D eigenvalue weighted by atomic mass is 35.5. The highest BCUT2D eigenvalue weighted by Gasteiger charge is 2.46. The largest absolute Gasteiger partial charge is 0.324 e. The summed E-state index contributed by atoms with van der Waals surface area (Å²) < 4.78 is 26.3. The number of nitrogens with two attached hydrogens (primary N) is 1. The Morgan fingerprint density at radius 1 is 1.33 bits per heavy atom. The van der Waals surface area contributed by atoms with Gasteiger partial charge in [0.15, 0.2) is 5.82 Å². The van der Waals surface area contributed by atoms with E-state index in [-0.39, 0.29) is 24.8 Å². The second kappa shape index (κ2) is 4.40. The number of alkyl halides is 2. The first-order chi connectivity index (χ1) is 6.29. The molecule has 1 aromatic heterocycles. The maximum Gasteiger partial charge on any atom is 0.257 e. The minimum absolute atomic E-state index is 0. The van der Waals surface area contributed by atoms with Gasteiger partial charge in [0.25, 0.3) is 5.92 Å². The standard InChI is InChI=1S/C8H14F2N4.ClH/c1-7(2,8(3,9)10)6-12-5(4-11)13-14-6;/h4,11H2,1-3H3,(H,12,13,14);1H. The molecule has 1 rings (SSSR count). The summed E-state index contributed by atoms with van der Waals surface area (Å²) in [4.78, 5) is 3.90. The van der Waals surface area contributed by atoms with Gasteiger partial charge in [-0.3, -0.25) is 5.10 Å². The molecule has 0 atom stereocenters. The van der Waals surface area contributed by atoms with E-state index < -0.39 is 11.3 Å². The van der Waals surface area contributed by atoms with Gasteiger partial charge in [0.1, 0.15) is 5.82 Å². The maximum absolute atomic E-state index is 13.2. The molecule has 0 bridgehead atoms. The molecule has 88 valence electrons. The molecular weight excluding hydrogens is 226 g/mol. The van der Waals surface area contributed by atoms with Gasteiger partial charge in [0, 0.05) is 6.92 Å². The van der Waals surface area contributed by atoms with Crippen LogP contribution in [0, 0.1) is 0 Å². The number of rotatable bonds is 3. The van der Waals surface area contributed by atoms with Gasteiger partial charge in [0.05, 0.1) is 12.0 Å². The Morgan fingerprint density at radius 3 is 2.20 bits per heavy atom. The zero-order valence-corrected chi connectivity index (χ0v) is 9.66. The molecular formula is C8H15ClF2N4. The molecule has 1 aromatic rings. The summed E-state index contributed by atoms with van der Waals surface area (Å²) in [6, 6.07) is 0. The molecule has 0 spiro atoms. The van der Waals surface area contributed by atoms with Crippen molar-refractivity contribution in [2.45, 2.75) is 38.7 Å². The first-order valence-electron chi connectivity index (χ1n) is 4.28. The zero-order chi connectivity index (χ0) is 11.0. The van der Waals surface area contributed by atoms with Gasteiger partial charge >= 0.3 is 0 Å². The fourth-order valence-electron chi connectivity index (χ4n) is 0.862. The van der Waals surface area contributed by atoms with E-state index >= 15 is 0 Å². The van der Waals surface area contributed by atoms with Gasteiger partial charge in [-0.1, -0.05) is 0 Å². The number of hydrogen-bond acceptors (Lipinski definition) is 3. The summed E-state index contributed by atoms with van der Waals surface area (Å²) in [6.07, 6.45) is 0. The van der Waals surface area contributed by atoms with E-state index in [0.717, 1.165) is 6.92 Å². The molecule has 0 radical (unpaired) electrons. The van der Waals surface area contributed by atoms with Crippen LogP contribution in [0.1, 0.15) is 32.4 Å². The second-order valence-electron chi connectivity index (χ2n) is 3.82. The molecule has 0 aromatic carbocycles. The quantitative estimate of drug-likeness (QED) is 0.844. The van der Waals surface area contributed by atoms with Crippen molar-refractivity contribution in [2.24, 2.45) is 5.73 Å². The molecule has 0 amide bonds. The molecule has 4 nitrogen and oxygen atoms in total. The molecule has 0 aliphatic rings. The van der Waals surface area contributed by atoms with Crippen LogP contribution in [0.25, 0.3) is 0 Å². The summed E-state index contributed by atoms with van der Waals surface area (Å²) in [5, 5.41) is 6.24. The Labute approximate surface area is 93.1 Å². The van der Waals surface area contributed by atoms with Crippen molar-refractivity contribution in [1.82, 2.24) is 15.2 Å². The van der Waals surface area contributed by atoms with Crippen LogP contribution < -0.4 is 5.73 Å². The van der Waals surface area contributed by atoms with Crippen molar-refractivity contribution in [3.8, 4) is 0 Å². The predicted octanol–water partition coefficient (Wildman–Crippen LogP) is 1.62.